The van der Waals surface area contributed by atoms with Crippen LogP contribution in [-0.2, 0) is 0 Å². The summed E-state index contributed by atoms with van der Waals surface area (Å²) in [5.41, 5.74) is 0. The summed E-state index contributed by atoms with van der Waals surface area (Å²) >= 11 is 4.78. The molecule has 0 fully saturated rings. The fourth-order valence-electron chi connectivity index (χ4n) is 1.39. The molecule has 0 atom stereocenters. The van der Waals surface area contributed by atoms with Crippen molar-refractivity contribution < 1.29 is 4.42 Å². The Balaban J connectivity index is 2.19. The predicted octanol–water partition coefficient (Wildman–Crippen LogP) is 3.71. The normalized spacial score (nSPS) is 11.0. The molecule has 1 aromatic carbocycles. The van der Waals surface area contributed by atoms with Crippen molar-refractivity contribution in [3.8, 4) is 10.8 Å². The summed E-state index contributed by atoms with van der Waals surface area (Å²) < 4.78 is 6.53. The average molecular weight is 281 g/mol. The Morgan fingerprint density at radius 3 is 2.80 bits per heavy atom. The van der Waals surface area contributed by atoms with Gasteiger partial charge in [0.25, 0.3) is 10.7 Å². The van der Waals surface area contributed by atoms with Gasteiger partial charge in [-0.2, -0.15) is 0 Å². The van der Waals surface area contributed by atoms with Crippen molar-refractivity contribution in [3.05, 3.63) is 35.1 Å². The van der Waals surface area contributed by atoms with Crippen LogP contribution in [0.25, 0.3) is 20.9 Å². The number of halogens is 1. The van der Waals surface area contributed by atoms with Crippen LogP contribution < -0.4 is 0 Å². The number of hydrogen-bond donors (Lipinski definition) is 0. The van der Waals surface area contributed by atoms with Crippen molar-refractivity contribution in [1.82, 2.24) is 10.2 Å². The van der Waals surface area contributed by atoms with Gasteiger partial charge < -0.3 is 4.42 Å². The minimum Gasteiger partial charge on any atom is -0.410 e. The highest BCUT2D eigenvalue weighted by Crippen LogP contribution is 2.32. The second kappa shape index (κ2) is 3.43. The van der Waals surface area contributed by atoms with Crippen molar-refractivity contribution in [2.24, 2.45) is 0 Å². The van der Waals surface area contributed by atoms with Crippen molar-refractivity contribution in [1.29, 1.82) is 0 Å². The van der Waals surface area contributed by atoms with Crippen molar-refractivity contribution >= 4 is 37.4 Å². The lowest BCUT2D eigenvalue weighted by molar-refractivity contribution is 0.541. The smallest absolute Gasteiger partial charge is 0.285 e. The second-order valence-electron chi connectivity index (χ2n) is 3.01. The zero-order chi connectivity index (χ0) is 10.3. The molecule has 0 bridgehead atoms. The van der Waals surface area contributed by atoms with E-state index in [-0.39, 0.29) is 0 Å². The molecule has 0 radical (unpaired) electrons. The highest BCUT2D eigenvalue weighted by molar-refractivity contribution is 9.10. The van der Waals surface area contributed by atoms with E-state index in [1.54, 1.807) is 11.3 Å². The first-order valence-electron chi connectivity index (χ1n) is 4.31. The first-order valence-corrected chi connectivity index (χ1v) is 5.92. The molecule has 15 heavy (non-hydrogen) atoms. The Bertz CT molecular complexity index is 583. The fraction of sp³-hybridized carbons (Fsp3) is 0. The maximum atomic E-state index is 5.30. The molecular weight excluding hydrogens is 276 g/mol. The summed E-state index contributed by atoms with van der Waals surface area (Å²) in [5.74, 6) is 0.558. The summed E-state index contributed by atoms with van der Waals surface area (Å²) in [6.45, 7) is 0. The molecule has 2 aromatic heterocycles. The van der Waals surface area contributed by atoms with Crippen LogP contribution in [0.3, 0.4) is 0 Å². The molecule has 2 heterocycles. The van der Waals surface area contributed by atoms with E-state index in [4.69, 9.17) is 4.42 Å². The van der Waals surface area contributed by atoms with Crippen LogP contribution in [0.2, 0.25) is 0 Å². The number of nitrogens with zero attached hydrogens (tertiary/aromatic N) is 2. The maximum absolute atomic E-state index is 5.30. The topological polar surface area (TPSA) is 38.9 Å². The Morgan fingerprint density at radius 1 is 1.20 bits per heavy atom. The van der Waals surface area contributed by atoms with Gasteiger partial charge in [0.2, 0.25) is 0 Å². The van der Waals surface area contributed by atoms with Gasteiger partial charge in [0, 0.05) is 20.6 Å². The molecule has 0 amide bonds. The highest BCUT2D eigenvalue weighted by atomic mass is 79.9. The van der Waals surface area contributed by atoms with E-state index in [1.165, 1.54) is 10.1 Å². The van der Waals surface area contributed by atoms with Gasteiger partial charge in [-0.1, -0.05) is 18.2 Å². The lowest BCUT2D eigenvalue weighted by Gasteiger charge is -1.82. The molecule has 3 aromatic rings. The molecule has 0 unspecified atom stereocenters. The Kier molecular flexibility index (Phi) is 2.07. The maximum Gasteiger partial charge on any atom is 0.285 e. The molecular formula is C10H5BrN2OS. The van der Waals surface area contributed by atoms with E-state index in [1.807, 2.05) is 12.1 Å². The van der Waals surface area contributed by atoms with Gasteiger partial charge in [0.15, 0.2) is 0 Å². The number of rotatable bonds is 1. The first-order chi connectivity index (χ1) is 7.33. The summed E-state index contributed by atoms with van der Waals surface area (Å²) in [5, 5.41) is 8.90. The first kappa shape index (κ1) is 9.06. The van der Waals surface area contributed by atoms with Crippen LogP contribution in [0.5, 0.6) is 0 Å². The van der Waals surface area contributed by atoms with Crippen LogP contribution in [0.15, 0.2) is 39.5 Å². The zero-order valence-electron chi connectivity index (χ0n) is 7.48. The van der Waals surface area contributed by atoms with E-state index in [0.717, 1.165) is 4.88 Å². The minimum absolute atomic E-state index is 0.412. The van der Waals surface area contributed by atoms with Gasteiger partial charge in [-0.05, 0) is 17.5 Å². The van der Waals surface area contributed by atoms with Crippen molar-refractivity contribution in [2.75, 3.05) is 0 Å². The quantitative estimate of drug-likeness (QED) is 0.682. The average Bonchev–Trinajstić information content (AvgIpc) is 2.82. The lowest BCUT2D eigenvalue weighted by Crippen LogP contribution is -1.69. The van der Waals surface area contributed by atoms with Gasteiger partial charge in [-0.3, -0.25) is 0 Å². The Hall–Kier alpha value is -1.20. The third-order valence-electron chi connectivity index (χ3n) is 2.04. The van der Waals surface area contributed by atoms with Gasteiger partial charge in [-0.25, -0.2) is 0 Å². The van der Waals surface area contributed by atoms with E-state index >= 15 is 0 Å². The van der Waals surface area contributed by atoms with Crippen LogP contribution in [0, 0.1) is 0 Å². The van der Waals surface area contributed by atoms with Crippen LogP contribution in [0.1, 0.15) is 0 Å². The number of benzene rings is 1. The van der Waals surface area contributed by atoms with E-state index in [9.17, 15) is 0 Å². The second-order valence-corrected chi connectivity index (χ2v) is 4.77. The molecule has 0 saturated heterocycles. The molecule has 0 saturated carbocycles. The molecule has 0 aliphatic rings. The van der Waals surface area contributed by atoms with Crippen LogP contribution in [0.4, 0.5) is 0 Å². The fourth-order valence-corrected chi connectivity index (χ4v) is 2.61. The van der Waals surface area contributed by atoms with Gasteiger partial charge in [0.05, 0.1) is 4.88 Å². The SMILES string of the molecule is Brc1nnc(-c2cc3ccccc3s2)o1. The number of fused-ring (bicyclic) bond motifs is 1. The third kappa shape index (κ3) is 1.57. The summed E-state index contributed by atoms with van der Waals surface area (Å²) in [6.07, 6.45) is 0. The zero-order valence-corrected chi connectivity index (χ0v) is 9.88. The Morgan fingerprint density at radius 2 is 2.07 bits per heavy atom. The van der Waals surface area contributed by atoms with Gasteiger partial charge in [0.1, 0.15) is 0 Å². The number of hydrogen-bond acceptors (Lipinski definition) is 4. The summed E-state index contributed by atoms with van der Waals surface area (Å²) in [6, 6.07) is 10.2. The third-order valence-corrected chi connectivity index (χ3v) is 3.46. The lowest BCUT2D eigenvalue weighted by atomic mass is 10.2. The van der Waals surface area contributed by atoms with Gasteiger partial charge >= 0.3 is 0 Å². The summed E-state index contributed by atoms with van der Waals surface area (Å²) in [7, 11) is 0. The molecule has 0 N–H and O–H groups in total. The molecule has 0 aliphatic carbocycles. The number of thiophene rings is 1. The van der Waals surface area contributed by atoms with Crippen molar-refractivity contribution in [3.63, 3.8) is 0 Å². The minimum atomic E-state index is 0.412. The molecule has 74 valence electrons. The van der Waals surface area contributed by atoms with Crippen LogP contribution in [-0.4, -0.2) is 10.2 Å². The monoisotopic (exact) mass is 280 g/mol. The van der Waals surface area contributed by atoms with Crippen LogP contribution >= 0.6 is 27.3 Å². The Labute approximate surface area is 97.9 Å². The molecule has 0 aliphatic heterocycles. The predicted molar refractivity (Wildman–Crippen MR) is 62.8 cm³/mol. The van der Waals surface area contributed by atoms with Crippen molar-refractivity contribution in [2.45, 2.75) is 0 Å². The molecule has 3 nitrogen and oxygen atoms in total. The van der Waals surface area contributed by atoms with E-state index in [0.29, 0.717) is 10.7 Å². The summed E-state index contributed by atoms with van der Waals surface area (Å²) in [4.78, 5) is 1.41. The number of aromatic nitrogens is 2. The molecule has 3 rings (SSSR count). The van der Waals surface area contributed by atoms with Gasteiger partial charge in [-0.15, -0.1) is 21.5 Å². The largest absolute Gasteiger partial charge is 0.410 e. The van der Waals surface area contributed by atoms with E-state index in [2.05, 4.69) is 44.3 Å². The molecule has 5 heteroatoms. The molecule has 0 spiro atoms. The standard InChI is InChI=1S/C10H5BrN2OS/c11-10-13-12-9(14-10)8-5-6-3-1-2-4-7(6)15-8/h1-5H. The van der Waals surface area contributed by atoms with E-state index < -0.39 is 0 Å². The highest BCUT2D eigenvalue weighted by Gasteiger charge is 2.09.